The molecule has 1 aromatic carbocycles. The van der Waals surface area contributed by atoms with Gasteiger partial charge in [-0.2, -0.15) is 8.78 Å². The fourth-order valence-corrected chi connectivity index (χ4v) is 7.42. The number of hydrogen-bond acceptors (Lipinski definition) is 5. The van der Waals surface area contributed by atoms with Gasteiger partial charge in [-0.25, -0.2) is 4.39 Å². The van der Waals surface area contributed by atoms with Crippen LogP contribution in [0.25, 0.3) is 0 Å². The molecule has 0 atom stereocenters. The Kier molecular flexibility index (Phi) is 7.27. The lowest BCUT2D eigenvalue weighted by Crippen LogP contribution is -2.49. The molecule has 9 heteroatoms. The lowest BCUT2D eigenvalue weighted by atomic mass is 9.84. The number of alkyl halides is 2. The van der Waals surface area contributed by atoms with E-state index >= 15 is 4.39 Å². The molecule has 4 nitrogen and oxygen atoms in total. The second-order valence-electron chi connectivity index (χ2n) is 11.2. The Morgan fingerprint density at radius 2 is 1.84 bits per heavy atom. The van der Waals surface area contributed by atoms with Crippen molar-refractivity contribution in [2.24, 2.45) is 0 Å². The molecule has 206 valence electrons. The zero-order valence-electron chi connectivity index (χ0n) is 22.4. The summed E-state index contributed by atoms with van der Waals surface area (Å²) >= 11 is 7.36. The van der Waals surface area contributed by atoms with Crippen LogP contribution in [-0.2, 0) is 21.8 Å². The first-order valence-corrected chi connectivity index (χ1v) is 14.2. The van der Waals surface area contributed by atoms with Crippen molar-refractivity contribution in [2.45, 2.75) is 49.7 Å². The standard InChI is InChI=1S/C29H35ClF3N3OS/c1-19(2)20(16-35(5)25-21(7-6-8-23(25)31)27(9-10-27)34(3)4)17-36-13-11-28(12-14-36)26-22(15-24(30)38-26)29(32,33)18-37-28/h6-8,15-16H,1,9-14,17-18H2,2-5H3/b20-16-. The van der Waals surface area contributed by atoms with E-state index in [0.29, 0.717) is 47.4 Å². The van der Waals surface area contributed by atoms with Gasteiger partial charge in [0.2, 0.25) is 0 Å². The Labute approximate surface area is 232 Å². The molecule has 1 saturated heterocycles. The highest BCUT2D eigenvalue weighted by atomic mass is 35.5. The zero-order chi connectivity index (χ0) is 27.5. The molecule has 1 spiro atoms. The van der Waals surface area contributed by atoms with Crippen LogP contribution in [0.3, 0.4) is 0 Å². The van der Waals surface area contributed by atoms with Crippen molar-refractivity contribution in [3.05, 3.63) is 74.3 Å². The van der Waals surface area contributed by atoms with E-state index < -0.39 is 18.1 Å². The normalized spacial score (nSPS) is 22.0. The van der Waals surface area contributed by atoms with Crippen molar-refractivity contribution in [2.75, 3.05) is 52.3 Å². The maximum atomic E-state index is 15.2. The molecular weight excluding hydrogens is 531 g/mol. The van der Waals surface area contributed by atoms with E-state index in [1.807, 2.05) is 45.2 Å². The number of anilines is 1. The van der Waals surface area contributed by atoms with Crippen LogP contribution in [0, 0.1) is 5.82 Å². The van der Waals surface area contributed by atoms with Crippen LogP contribution in [0.1, 0.15) is 48.6 Å². The topological polar surface area (TPSA) is 19.0 Å². The second-order valence-corrected chi connectivity index (χ2v) is 12.8. The summed E-state index contributed by atoms with van der Waals surface area (Å²) < 4.78 is 50.4. The molecule has 2 fully saturated rings. The molecule has 0 N–H and O–H groups in total. The fraction of sp³-hybridized carbons (Fsp3) is 0.517. The fourth-order valence-electron chi connectivity index (χ4n) is 5.94. The largest absolute Gasteiger partial charge is 0.363 e. The van der Waals surface area contributed by atoms with E-state index in [1.54, 1.807) is 6.07 Å². The molecule has 5 rings (SSSR count). The molecule has 3 heterocycles. The molecule has 2 aliphatic heterocycles. The number of ether oxygens (including phenoxy) is 1. The van der Waals surface area contributed by atoms with E-state index in [0.717, 1.165) is 29.6 Å². The smallest absolute Gasteiger partial charge is 0.297 e. The van der Waals surface area contributed by atoms with Gasteiger partial charge in [-0.05, 0) is 70.0 Å². The number of likely N-dealkylation sites (tertiary alicyclic amines) is 1. The van der Waals surface area contributed by atoms with Gasteiger partial charge in [-0.3, -0.25) is 9.80 Å². The summed E-state index contributed by atoms with van der Waals surface area (Å²) in [5, 5.41) is 0. The van der Waals surface area contributed by atoms with Crippen LogP contribution in [0.15, 0.2) is 48.2 Å². The highest BCUT2D eigenvalue weighted by Crippen LogP contribution is 2.54. The second kappa shape index (κ2) is 9.97. The molecule has 38 heavy (non-hydrogen) atoms. The minimum atomic E-state index is -3.01. The first kappa shape index (κ1) is 27.7. The zero-order valence-corrected chi connectivity index (χ0v) is 24.0. The Morgan fingerprint density at radius 1 is 1.16 bits per heavy atom. The summed E-state index contributed by atoms with van der Waals surface area (Å²) in [6.45, 7) is 7.53. The molecule has 1 saturated carbocycles. The summed E-state index contributed by atoms with van der Waals surface area (Å²) in [5.41, 5.74) is 2.66. The van der Waals surface area contributed by atoms with E-state index in [2.05, 4.69) is 16.4 Å². The van der Waals surface area contributed by atoms with Crippen molar-refractivity contribution in [1.82, 2.24) is 9.80 Å². The minimum Gasteiger partial charge on any atom is -0.363 e. The first-order chi connectivity index (χ1) is 17.9. The maximum absolute atomic E-state index is 15.2. The summed E-state index contributed by atoms with van der Waals surface area (Å²) in [7, 11) is 5.98. The van der Waals surface area contributed by atoms with Crippen LogP contribution in [0.4, 0.5) is 18.9 Å². The Balaban J connectivity index is 1.34. The van der Waals surface area contributed by atoms with Crippen molar-refractivity contribution in [1.29, 1.82) is 0 Å². The summed E-state index contributed by atoms with van der Waals surface area (Å²) in [6, 6.07) is 6.72. The van der Waals surface area contributed by atoms with Crippen LogP contribution >= 0.6 is 22.9 Å². The summed E-state index contributed by atoms with van der Waals surface area (Å²) in [6.07, 6.45) is 5.20. The molecular formula is C29H35ClF3N3OS. The number of para-hydroxylation sites is 1. The van der Waals surface area contributed by atoms with E-state index in [9.17, 15) is 8.78 Å². The third-order valence-corrected chi connectivity index (χ3v) is 9.86. The predicted molar refractivity (Wildman–Crippen MR) is 149 cm³/mol. The molecule has 3 aliphatic rings. The van der Waals surface area contributed by atoms with Crippen LogP contribution in [0.5, 0.6) is 0 Å². The van der Waals surface area contributed by atoms with E-state index in [1.165, 1.54) is 23.5 Å². The number of piperidine rings is 1. The van der Waals surface area contributed by atoms with Crippen molar-refractivity contribution >= 4 is 28.6 Å². The number of hydrogen-bond donors (Lipinski definition) is 0. The van der Waals surface area contributed by atoms with Crippen LogP contribution in [-0.4, -0.2) is 57.2 Å². The van der Waals surface area contributed by atoms with Crippen molar-refractivity contribution in [3.63, 3.8) is 0 Å². The van der Waals surface area contributed by atoms with Crippen LogP contribution in [0.2, 0.25) is 4.34 Å². The average molecular weight is 566 g/mol. The van der Waals surface area contributed by atoms with E-state index in [-0.39, 0.29) is 16.9 Å². The van der Waals surface area contributed by atoms with Gasteiger partial charge < -0.3 is 9.64 Å². The predicted octanol–water partition coefficient (Wildman–Crippen LogP) is 7.10. The Morgan fingerprint density at radius 3 is 2.45 bits per heavy atom. The SMILES string of the molecule is C=C(C)/C(=C\N(C)c1c(F)cccc1C1(N(C)C)CC1)CN1CCC2(CC1)OCC(F)(F)c1cc(Cl)sc12. The van der Waals surface area contributed by atoms with Crippen molar-refractivity contribution < 1.29 is 17.9 Å². The lowest BCUT2D eigenvalue weighted by molar-refractivity contribution is -0.181. The number of halogens is 4. The maximum Gasteiger partial charge on any atom is 0.297 e. The van der Waals surface area contributed by atoms with Gasteiger partial charge in [0.05, 0.1) is 10.0 Å². The quantitative estimate of drug-likeness (QED) is 0.333. The Bertz CT molecular complexity index is 1260. The number of thiophene rings is 1. The number of rotatable bonds is 7. The lowest BCUT2D eigenvalue weighted by Gasteiger charge is -2.45. The minimum absolute atomic E-state index is 0.0168. The molecule has 0 amide bonds. The third-order valence-electron chi connectivity index (χ3n) is 8.42. The van der Waals surface area contributed by atoms with Gasteiger partial charge in [0, 0.05) is 48.9 Å². The Hall–Kier alpha value is -1.84. The molecule has 1 aliphatic carbocycles. The number of fused-ring (bicyclic) bond motifs is 2. The highest BCUT2D eigenvalue weighted by Gasteiger charge is 2.52. The van der Waals surface area contributed by atoms with Crippen molar-refractivity contribution in [3.8, 4) is 0 Å². The molecule has 0 radical (unpaired) electrons. The van der Waals surface area contributed by atoms with Gasteiger partial charge in [0.15, 0.2) is 0 Å². The van der Waals surface area contributed by atoms with Gasteiger partial charge in [0.25, 0.3) is 5.92 Å². The molecule has 2 aromatic rings. The van der Waals surface area contributed by atoms with E-state index in [4.69, 9.17) is 16.3 Å². The molecule has 1 aromatic heterocycles. The van der Waals surface area contributed by atoms with Gasteiger partial charge in [0.1, 0.15) is 18.0 Å². The van der Waals surface area contributed by atoms with Gasteiger partial charge in [-0.15, -0.1) is 11.3 Å². The monoisotopic (exact) mass is 565 g/mol. The third kappa shape index (κ3) is 4.83. The first-order valence-electron chi connectivity index (χ1n) is 13.0. The van der Waals surface area contributed by atoms with Crippen LogP contribution < -0.4 is 4.90 Å². The molecule has 0 bridgehead atoms. The summed E-state index contributed by atoms with van der Waals surface area (Å²) in [4.78, 5) is 6.92. The number of nitrogens with zero attached hydrogens (tertiary/aromatic N) is 3. The number of benzene rings is 1. The van der Waals surface area contributed by atoms with Gasteiger partial charge >= 0.3 is 0 Å². The highest BCUT2D eigenvalue weighted by molar-refractivity contribution is 7.16. The average Bonchev–Trinajstić information content (AvgIpc) is 3.57. The summed E-state index contributed by atoms with van der Waals surface area (Å²) in [5.74, 6) is -3.26. The van der Waals surface area contributed by atoms with Gasteiger partial charge in [-0.1, -0.05) is 35.9 Å². The molecule has 0 unspecified atom stereocenters.